The monoisotopic (exact) mass is 415 g/mol. The molecule has 0 saturated carbocycles. The van der Waals surface area contributed by atoms with Crippen molar-refractivity contribution in [2.45, 2.75) is 68.4 Å². The van der Waals surface area contributed by atoms with Crippen molar-refractivity contribution in [2.75, 3.05) is 20.1 Å². The molecule has 3 saturated heterocycles. The summed E-state index contributed by atoms with van der Waals surface area (Å²) in [7, 11) is 2.13. The van der Waals surface area contributed by atoms with Crippen LogP contribution in [0.5, 0.6) is 0 Å². The van der Waals surface area contributed by atoms with Gasteiger partial charge in [-0.25, -0.2) is 0 Å². The number of nitrogens with one attached hydrogen (secondary N) is 2. The molecule has 3 rings (SSSR count). The Labute approximate surface area is 158 Å². The fourth-order valence-corrected chi connectivity index (χ4v) is 4.71. The molecule has 0 aromatic heterocycles. The third-order valence-electron chi connectivity index (χ3n) is 5.23. The summed E-state index contributed by atoms with van der Waals surface area (Å²) in [6, 6.07) is 2.01. The van der Waals surface area contributed by atoms with Crippen molar-refractivity contribution in [3.05, 3.63) is 0 Å². The number of hydrogen-bond donors (Lipinski definition) is 3. The minimum absolute atomic E-state index is 0.0526. The molecule has 7 nitrogen and oxygen atoms in total. The van der Waals surface area contributed by atoms with Crippen molar-refractivity contribution in [3.8, 4) is 6.07 Å². The summed E-state index contributed by atoms with van der Waals surface area (Å²) in [5.74, 6) is -0.324. The first kappa shape index (κ1) is 20.6. The first-order valence-electron chi connectivity index (χ1n) is 9.18. The molecule has 0 aromatic carbocycles. The van der Waals surface area contributed by atoms with Crippen LogP contribution in [0.1, 0.15) is 33.1 Å². The molecule has 0 aliphatic carbocycles. The molecule has 6 unspecified atom stereocenters. The molecule has 0 radical (unpaired) electrons. The fourth-order valence-electron chi connectivity index (χ4n) is 3.89. The molecule has 3 aliphatic rings. The predicted octanol–water partition coefficient (Wildman–Crippen LogP) is 0.540. The number of halogens is 1. The summed E-state index contributed by atoms with van der Waals surface area (Å²) in [6.07, 6.45) is 1.95. The molecule has 142 valence electrons. The number of primary amides is 1. The number of carbonyl (C=O) groups is 1. The highest BCUT2D eigenvalue weighted by atomic mass is 79.9. The van der Waals surface area contributed by atoms with Crippen molar-refractivity contribution in [2.24, 2.45) is 11.7 Å². The van der Waals surface area contributed by atoms with Crippen LogP contribution in [-0.4, -0.2) is 66.2 Å². The van der Waals surface area contributed by atoms with Gasteiger partial charge in [0, 0.05) is 16.8 Å². The molecular formula is C17H30BrN5O2. The minimum Gasteiger partial charge on any atom is -0.368 e. The number of piperidine rings is 2. The Hall–Kier alpha value is -0.720. The van der Waals surface area contributed by atoms with Gasteiger partial charge in [0.25, 0.3) is 0 Å². The largest absolute Gasteiger partial charge is 0.368 e. The highest BCUT2D eigenvalue weighted by Gasteiger charge is 2.51. The molecule has 3 fully saturated rings. The lowest BCUT2D eigenvalue weighted by Crippen LogP contribution is -2.68. The SMILES string of the molecule is CC.CN1CCC(NC2NC(C(N)=O)C3OC(C#N)CC3C2Br)CC1. The number of nitrogens with zero attached hydrogens (tertiary/aromatic N) is 2. The van der Waals surface area contributed by atoms with Gasteiger partial charge < -0.3 is 15.4 Å². The van der Waals surface area contributed by atoms with E-state index in [9.17, 15) is 4.79 Å². The maximum Gasteiger partial charge on any atom is 0.237 e. The van der Waals surface area contributed by atoms with Crippen molar-refractivity contribution < 1.29 is 9.53 Å². The number of nitriles is 1. The maximum absolute atomic E-state index is 11.8. The lowest BCUT2D eigenvalue weighted by Gasteiger charge is -2.43. The lowest BCUT2D eigenvalue weighted by molar-refractivity contribution is -0.126. The van der Waals surface area contributed by atoms with Crippen LogP contribution < -0.4 is 16.4 Å². The van der Waals surface area contributed by atoms with E-state index in [1.165, 1.54) is 0 Å². The van der Waals surface area contributed by atoms with E-state index >= 15 is 0 Å². The molecule has 0 bridgehead atoms. The maximum atomic E-state index is 11.8. The Morgan fingerprint density at radius 2 is 2.04 bits per heavy atom. The fraction of sp³-hybridized carbons (Fsp3) is 0.882. The van der Waals surface area contributed by atoms with Gasteiger partial charge in [-0.2, -0.15) is 5.26 Å². The van der Waals surface area contributed by atoms with Crippen molar-refractivity contribution in [1.82, 2.24) is 15.5 Å². The van der Waals surface area contributed by atoms with E-state index in [0.29, 0.717) is 12.5 Å². The Morgan fingerprint density at radius 3 is 2.60 bits per heavy atom. The summed E-state index contributed by atoms with van der Waals surface area (Å²) in [5, 5.41) is 16.1. The van der Waals surface area contributed by atoms with Crippen molar-refractivity contribution in [3.63, 3.8) is 0 Å². The second-order valence-electron chi connectivity index (χ2n) is 6.83. The zero-order valence-electron chi connectivity index (χ0n) is 15.2. The predicted molar refractivity (Wildman–Crippen MR) is 100 cm³/mol. The molecule has 3 heterocycles. The summed E-state index contributed by atoms with van der Waals surface area (Å²) >= 11 is 3.76. The highest BCUT2D eigenvalue weighted by Crippen LogP contribution is 2.38. The lowest BCUT2D eigenvalue weighted by atomic mass is 9.85. The second-order valence-corrected chi connectivity index (χ2v) is 7.89. The molecule has 6 atom stereocenters. The van der Waals surface area contributed by atoms with Gasteiger partial charge in [0.15, 0.2) is 0 Å². The quantitative estimate of drug-likeness (QED) is 0.581. The van der Waals surface area contributed by atoms with Crippen LogP contribution in [0.15, 0.2) is 0 Å². The summed E-state index contributed by atoms with van der Waals surface area (Å²) in [6.45, 7) is 6.14. The zero-order valence-corrected chi connectivity index (χ0v) is 16.8. The van der Waals surface area contributed by atoms with E-state index < -0.39 is 18.1 Å². The third-order valence-corrected chi connectivity index (χ3v) is 6.44. The van der Waals surface area contributed by atoms with Gasteiger partial charge in [0.05, 0.1) is 18.3 Å². The Kier molecular flexibility index (Phi) is 7.65. The van der Waals surface area contributed by atoms with Gasteiger partial charge in [0.2, 0.25) is 5.91 Å². The number of rotatable bonds is 3. The Bertz CT molecular complexity index is 492. The number of hydrogen-bond acceptors (Lipinski definition) is 6. The molecule has 1 amide bonds. The van der Waals surface area contributed by atoms with Crippen LogP contribution in [0.25, 0.3) is 0 Å². The molecular weight excluding hydrogens is 386 g/mol. The van der Waals surface area contributed by atoms with Gasteiger partial charge in [-0.15, -0.1) is 0 Å². The Balaban J connectivity index is 0.00000109. The number of fused-ring (bicyclic) bond motifs is 1. The van der Waals surface area contributed by atoms with E-state index in [0.717, 1.165) is 25.9 Å². The van der Waals surface area contributed by atoms with Gasteiger partial charge >= 0.3 is 0 Å². The topological polar surface area (TPSA) is 103 Å². The van der Waals surface area contributed by atoms with E-state index in [4.69, 9.17) is 15.7 Å². The number of ether oxygens (including phenoxy) is 1. The number of carbonyl (C=O) groups excluding carboxylic acids is 1. The van der Waals surface area contributed by atoms with Crippen LogP contribution >= 0.6 is 15.9 Å². The van der Waals surface area contributed by atoms with Crippen LogP contribution in [-0.2, 0) is 9.53 Å². The number of amides is 1. The van der Waals surface area contributed by atoms with Crippen molar-refractivity contribution in [1.29, 1.82) is 5.26 Å². The second kappa shape index (κ2) is 9.28. The number of nitrogens with two attached hydrogens (primary N) is 1. The van der Waals surface area contributed by atoms with E-state index in [1.807, 2.05) is 13.8 Å². The van der Waals surface area contributed by atoms with Crippen molar-refractivity contribution >= 4 is 21.8 Å². The summed E-state index contributed by atoms with van der Waals surface area (Å²) in [5.41, 5.74) is 5.55. The molecule has 0 aromatic rings. The third kappa shape index (κ3) is 4.72. The smallest absolute Gasteiger partial charge is 0.237 e. The molecule has 25 heavy (non-hydrogen) atoms. The minimum atomic E-state index is -0.559. The van der Waals surface area contributed by atoms with Gasteiger partial charge in [0.1, 0.15) is 12.1 Å². The van der Waals surface area contributed by atoms with Crippen LogP contribution in [0.2, 0.25) is 0 Å². The number of alkyl halides is 1. The standard InChI is InChI=1S/C15H24BrN5O2.C2H6/c1-21-4-2-8(3-5-21)19-15-11(16)10-6-9(7-17)23-13(10)12(20-15)14(18)22;1-2/h8-13,15,19-20H,2-6H2,1H3,(H2,18,22);1-2H3. The van der Waals surface area contributed by atoms with Crippen LogP contribution in [0.4, 0.5) is 0 Å². The summed E-state index contributed by atoms with van der Waals surface area (Å²) in [4.78, 5) is 14.2. The average molecular weight is 416 g/mol. The summed E-state index contributed by atoms with van der Waals surface area (Å²) < 4.78 is 5.72. The van der Waals surface area contributed by atoms with E-state index in [1.54, 1.807) is 0 Å². The van der Waals surface area contributed by atoms with E-state index in [2.05, 4.69) is 44.6 Å². The molecule has 0 spiro atoms. The first-order chi connectivity index (χ1) is 12.0. The zero-order chi connectivity index (χ0) is 18.6. The number of likely N-dealkylation sites (tertiary alicyclic amines) is 1. The average Bonchev–Trinajstić information content (AvgIpc) is 3.05. The van der Waals surface area contributed by atoms with Gasteiger partial charge in [-0.1, -0.05) is 29.8 Å². The Morgan fingerprint density at radius 1 is 1.40 bits per heavy atom. The molecule has 3 aliphatic heterocycles. The normalized spacial score (nSPS) is 39.0. The van der Waals surface area contributed by atoms with Gasteiger partial charge in [-0.3, -0.25) is 15.4 Å². The highest BCUT2D eigenvalue weighted by molar-refractivity contribution is 9.09. The first-order valence-corrected chi connectivity index (χ1v) is 10.1. The molecule has 4 N–H and O–H groups in total. The van der Waals surface area contributed by atoms with Crippen LogP contribution in [0, 0.1) is 17.2 Å². The molecule has 8 heteroatoms. The van der Waals surface area contributed by atoms with Crippen LogP contribution in [0.3, 0.4) is 0 Å². The van der Waals surface area contributed by atoms with Gasteiger partial charge in [-0.05, 0) is 39.4 Å². The van der Waals surface area contributed by atoms with E-state index in [-0.39, 0.29) is 23.0 Å².